The fraction of sp³-hybridized carbons (Fsp3) is 0.596. The van der Waals surface area contributed by atoms with Crippen LogP contribution in [0.2, 0.25) is 0 Å². The summed E-state index contributed by atoms with van der Waals surface area (Å²) < 4.78 is 57.5. The zero-order chi connectivity index (χ0) is 91.8. The van der Waals surface area contributed by atoms with Gasteiger partial charge in [-0.15, -0.1) is 5.10 Å². The first-order chi connectivity index (χ1) is 62.2. The monoisotopic (exact) mass is 1790 g/mol. The SMILES string of the molecule is CO[C@H]1C[C@@H]2CC[C@@H](C)[C@@](O)(O2)C(=O)C(=O)N2CCCC[C@H]2C(=O)OC([C@H](C)C[C@@H]2CC[C@@H](OCc3cccc(-c4cnc(N5CCN(Cc6cn(CCOCCOCCOCCC(=O)NCCCCn7nc(-c8ccc9oc(N)nc9c8)c8c(N)ncnc87)nn6)C(CO)C5)nc4)c3)[C@H](OC)C2)CC(=O)[C@H](C)/C=C(\C)[C@@H](O)[C@@H](O)C(=O)[C@H](C)C[C@H](C)/C=C/C=CC=C1C. The molecule has 4 aliphatic heterocycles. The maximum atomic E-state index is 14.9. The Morgan fingerprint density at radius 1 is 0.783 bits per heavy atom. The fourth-order valence-electron chi connectivity index (χ4n) is 18.0. The third-order valence-corrected chi connectivity index (χ3v) is 25.7. The second kappa shape index (κ2) is 47.2. The number of unbranched alkanes of at least 4 members (excludes halogenated alkanes) is 1. The minimum atomic E-state index is -2.48. The number of nitrogens with one attached hydrogen (secondary N) is 1. The normalized spacial score (nSPS) is 27.1. The standard InChI is InChI=1S/C94H130N16O19/c1-58-18-11-10-12-19-59(2)78(121-8)48-72-26-23-64(7)94(120,129-72)87(117)90(118)109-31-15-13-22-74(109)91(119)127-79(49-75(112)60(3)43-63(6)85(115)86(116)84(114)62(5)42-58)61(4)44-65-24-27-77(80(46-65)122-9)126-56-66-20-17-21-67(45-66)69-50-98-93(99-51-69)107-34-33-106(71(54-107)55-111)52-70-53-108(105-103-70)35-37-124-39-41-125-40-38-123-36-29-81(113)97-30-14-16-32-110-89-82(88(95)100-57-101-89)83(104-110)68-25-28-76-73(47-68)102-92(96)128-76/h10-12,17-21,25,28,43,45,47,50-51,53,57-58,60-62,64-65,71-72,74,77-80,85-86,111,115-116,120H,13-16,22-24,26-27,29-42,44,46,48-49,52,54-56H2,1-9H3,(H2,96,102)(H,97,113)(H2,95,100,101)/b12-10?,18-11+,59-19?,63-43+/t58-,60-,61-,62-,64-,65+,71?,72+,74+,77-,78+,79?,80-,85-,86+,94-/m1/s1. The van der Waals surface area contributed by atoms with Crippen LogP contribution >= 0.6 is 0 Å². The smallest absolute Gasteiger partial charge is 0.329 e. The molecule has 0 radical (unpaired) electrons. The lowest BCUT2D eigenvalue weighted by Crippen LogP contribution is -2.61. The first kappa shape index (κ1) is 98.0. The number of nitrogen functional groups attached to an aromatic ring is 2. The van der Waals surface area contributed by atoms with Gasteiger partial charge >= 0.3 is 5.97 Å². The molecule has 2 amide bonds. The number of oxazole rings is 1. The molecule has 9 heterocycles. The van der Waals surface area contributed by atoms with Gasteiger partial charge in [0.1, 0.15) is 53.5 Å². The molecule has 129 heavy (non-hydrogen) atoms. The largest absolute Gasteiger partial charge is 0.460 e. The molecule has 9 N–H and O–H groups in total. The first-order valence-electron chi connectivity index (χ1n) is 45.5. The van der Waals surface area contributed by atoms with Gasteiger partial charge in [0, 0.05) is 127 Å². The predicted molar refractivity (Wildman–Crippen MR) is 480 cm³/mol. The number of esters is 1. The summed E-state index contributed by atoms with van der Waals surface area (Å²) in [5.41, 5.74) is 19.7. The molecule has 2 unspecified atom stereocenters. The molecular weight excluding hydrogens is 1660 g/mol. The number of aromatic nitrogens is 10. The molecule has 5 aliphatic rings. The quantitative estimate of drug-likeness (QED) is 0.00924. The van der Waals surface area contributed by atoms with Gasteiger partial charge in [-0.05, 0) is 155 Å². The molecule has 2 bridgehead atoms. The van der Waals surface area contributed by atoms with E-state index in [0.29, 0.717) is 176 Å². The van der Waals surface area contributed by atoms with Gasteiger partial charge in [-0.25, -0.2) is 34.1 Å². The maximum Gasteiger partial charge on any atom is 0.329 e. The number of ether oxygens (including phenoxy) is 8. The van der Waals surface area contributed by atoms with Crippen LogP contribution in [0.4, 0.5) is 17.8 Å². The summed E-state index contributed by atoms with van der Waals surface area (Å²) >= 11 is 0. The van der Waals surface area contributed by atoms with Crippen LogP contribution in [0.15, 0.2) is 119 Å². The van der Waals surface area contributed by atoms with E-state index in [9.17, 15) is 49.2 Å². The van der Waals surface area contributed by atoms with E-state index >= 15 is 0 Å². The molecule has 5 aromatic heterocycles. The van der Waals surface area contributed by atoms with Crippen LogP contribution in [-0.4, -0.2) is 269 Å². The van der Waals surface area contributed by atoms with Gasteiger partial charge in [0.05, 0.1) is 101 Å². The Hall–Kier alpha value is -10.0. The van der Waals surface area contributed by atoms with Gasteiger partial charge in [0.25, 0.3) is 17.7 Å². The number of nitrogens with two attached hydrogens (primary N) is 2. The summed E-state index contributed by atoms with van der Waals surface area (Å²) in [6.07, 6.45) is 18.5. The highest BCUT2D eigenvalue weighted by Crippen LogP contribution is 2.40. The van der Waals surface area contributed by atoms with Gasteiger partial charge in [0.2, 0.25) is 17.6 Å². The van der Waals surface area contributed by atoms with Crippen molar-refractivity contribution in [2.45, 2.75) is 232 Å². The van der Waals surface area contributed by atoms with Gasteiger partial charge in [0.15, 0.2) is 17.0 Å². The molecular formula is C94H130N16O19. The Morgan fingerprint density at radius 2 is 1.57 bits per heavy atom. The Kier molecular flexibility index (Phi) is 35.9. The van der Waals surface area contributed by atoms with Crippen molar-refractivity contribution in [2.24, 2.45) is 35.5 Å². The van der Waals surface area contributed by atoms with Crippen LogP contribution in [0.5, 0.6) is 0 Å². The van der Waals surface area contributed by atoms with Gasteiger partial charge < -0.3 is 89.3 Å². The summed E-state index contributed by atoms with van der Waals surface area (Å²) in [4.78, 5) is 113. The topological polar surface area (TPSA) is 457 Å². The Morgan fingerprint density at radius 3 is 2.34 bits per heavy atom. The number of piperidine rings is 1. The molecule has 16 atom stereocenters. The number of carbonyl (C=O) groups is 6. The van der Waals surface area contributed by atoms with Gasteiger partial charge in [-0.1, -0.05) is 94.5 Å². The number of aliphatic hydroxyl groups is 4. The summed E-state index contributed by atoms with van der Waals surface area (Å²) in [5.74, 6) is -8.24. The number of amides is 2. The summed E-state index contributed by atoms with van der Waals surface area (Å²) in [6, 6.07) is 12.2. The number of ketones is 3. The van der Waals surface area contributed by atoms with Crippen molar-refractivity contribution in [1.29, 1.82) is 0 Å². The molecule has 700 valence electrons. The number of methoxy groups -OCH3 is 2. The van der Waals surface area contributed by atoms with Crippen molar-refractivity contribution < 1.29 is 91.5 Å². The number of benzene rings is 2. The van der Waals surface area contributed by atoms with Crippen molar-refractivity contribution in [3.8, 4) is 22.4 Å². The molecule has 1 saturated carbocycles. The average Bonchev–Trinajstić information content (AvgIpc) is 0.931. The minimum Gasteiger partial charge on any atom is -0.460 e. The Balaban J connectivity index is 0.563. The second-order valence-corrected chi connectivity index (χ2v) is 35.3. The highest BCUT2D eigenvalue weighted by atomic mass is 16.6. The number of aliphatic hydroxyl groups excluding tert-OH is 3. The second-order valence-electron chi connectivity index (χ2n) is 35.3. The van der Waals surface area contributed by atoms with Crippen LogP contribution in [0.3, 0.4) is 0 Å². The van der Waals surface area contributed by atoms with E-state index in [1.54, 1.807) is 69.7 Å². The number of anilines is 3. The number of Topliss-reactive ketones (excluding diaryl/α,β-unsaturated/α-hetero) is 3. The van der Waals surface area contributed by atoms with Crippen LogP contribution < -0.4 is 21.7 Å². The first-order valence-corrected chi connectivity index (χ1v) is 45.5. The van der Waals surface area contributed by atoms with Crippen molar-refractivity contribution in [3.05, 3.63) is 126 Å². The highest BCUT2D eigenvalue weighted by Gasteiger charge is 2.53. The number of carbonyl (C=O) groups excluding carboxylic acids is 6. The molecule has 12 rings (SSSR count). The summed E-state index contributed by atoms with van der Waals surface area (Å²) in [6.45, 7) is 18.5. The molecule has 35 nitrogen and oxygen atoms in total. The molecule has 1 aliphatic carbocycles. The number of cyclic esters (lactones) is 1. The molecule has 7 aromatic rings. The molecule has 3 saturated heterocycles. The van der Waals surface area contributed by atoms with Gasteiger partial charge in [-0.2, -0.15) is 10.1 Å². The zero-order valence-corrected chi connectivity index (χ0v) is 75.8. The molecule has 4 fully saturated rings. The lowest BCUT2D eigenvalue weighted by Gasteiger charge is -2.42. The molecule has 2 aromatic carbocycles. The summed E-state index contributed by atoms with van der Waals surface area (Å²) in [7, 11) is 3.23. The van der Waals surface area contributed by atoms with E-state index in [1.807, 2.05) is 87.7 Å². The van der Waals surface area contributed by atoms with Gasteiger partial charge in [-0.3, -0.25) is 28.9 Å². The average molecular weight is 1790 g/mol. The number of aryl methyl sites for hydroxylation is 1. The lowest BCUT2D eigenvalue weighted by molar-refractivity contribution is -0.265. The van der Waals surface area contributed by atoms with Crippen LogP contribution in [0.1, 0.15) is 156 Å². The number of hydrogen-bond acceptors (Lipinski definition) is 31. The molecule has 35 heteroatoms. The number of piperazine rings is 1. The van der Waals surface area contributed by atoms with E-state index in [-0.39, 0.29) is 98.8 Å². The van der Waals surface area contributed by atoms with E-state index in [0.717, 1.165) is 52.8 Å². The number of allylic oxidation sites excluding steroid dienone is 6. The van der Waals surface area contributed by atoms with E-state index in [4.69, 9.17) is 68.8 Å². The number of hydrogen-bond donors (Lipinski definition) is 7. The van der Waals surface area contributed by atoms with E-state index in [2.05, 4.69) is 46.4 Å². The Bertz CT molecular complexity index is 5020. The van der Waals surface area contributed by atoms with Crippen molar-refractivity contribution in [3.63, 3.8) is 0 Å². The summed E-state index contributed by atoms with van der Waals surface area (Å²) in [5, 5.41) is 62.6. The van der Waals surface area contributed by atoms with Crippen molar-refractivity contribution in [2.75, 3.05) is 110 Å². The van der Waals surface area contributed by atoms with Crippen LogP contribution in [0.25, 0.3) is 44.5 Å². The minimum absolute atomic E-state index is 0.0441. The van der Waals surface area contributed by atoms with Crippen molar-refractivity contribution in [1.82, 2.24) is 64.8 Å². The fourth-order valence-corrected chi connectivity index (χ4v) is 18.0. The third-order valence-electron chi connectivity index (χ3n) is 25.7. The van der Waals surface area contributed by atoms with Crippen molar-refractivity contribution >= 4 is 75.0 Å². The van der Waals surface area contributed by atoms with Crippen LogP contribution in [0, 0.1) is 35.5 Å². The Labute approximate surface area is 753 Å². The zero-order valence-electron chi connectivity index (χ0n) is 75.8. The van der Waals surface area contributed by atoms with Crippen LogP contribution in [-0.2, 0) is 92.9 Å². The number of nitrogens with zero attached hydrogens (tertiary/aromatic N) is 13. The van der Waals surface area contributed by atoms with E-state index in [1.165, 1.54) is 17.3 Å². The maximum absolute atomic E-state index is 14.9. The third kappa shape index (κ3) is 26.2. The molecule has 0 spiro atoms. The highest BCUT2D eigenvalue weighted by molar-refractivity contribution is 6.39. The lowest BCUT2D eigenvalue weighted by atomic mass is 9.78. The predicted octanol–water partition coefficient (Wildman–Crippen LogP) is 8.63. The number of fused-ring (bicyclic) bond motifs is 5. The number of rotatable bonds is 31. The van der Waals surface area contributed by atoms with E-state index < -0.39 is 89.5 Å².